The number of halogens is 1. The van der Waals surface area contributed by atoms with Crippen LogP contribution in [-0.2, 0) is 10.8 Å². The fraction of sp³-hybridized carbons (Fsp3) is 0.478. The Morgan fingerprint density at radius 3 is 1.85 bits per heavy atom. The Hall–Kier alpha value is -1.87. The maximum Gasteiger partial charge on any atom is 0.196 e. The molecule has 1 aromatic heterocycles. The summed E-state index contributed by atoms with van der Waals surface area (Å²) in [7, 11) is 0. The highest BCUT2D eigenvalue weighted by atomic mass is 35.5. The lowest BCUT2D eigenvalue weighted by molar-refractivity contribution is 0.103. The Balaban J connectivity index is 2.66. The van der Waals surface area contributed by atoms with Gasteiger partial charge in [0.1, 0.15) is 10.9 Å². The number of aromatic nitrogens is 1. The molecular formula is C23H30ClNO2. The second-order valence-electron chi connectivity index (χ2n) is 9.48. The van der Waals surface area contributed by atoms with Crippen LogP contribution < -0.4 is 0 Å². The molecule has 0 aliphatic carbocycles. The minimum Gasteiger partial charge on any atom is -0.507 e. The molecule has 146 valence electrons. The fourth-order valence-corrected chi connectivity index (χ4v) is 3.25. The lowest BCUT2D eigenvalue weighted by atomic mass is 9.78. The number of phenolic OH excluding ortho intramolecular Hbond substituents is 1. The van der Waals surface area contributed by atoms with Crippen LogP contribution in [0.5, 0.6) is 5.75 Å². The van der Waals surface area contributed by atoms with Gasteiger partial charge in [-0.3, -0.25) is 4.79 Å². The zero-order valence-corrected chi connectivity index (χ0v) is 18.3. The monoisotopic (exact) mass is 387 g/mol. The largest absolute Gasteiger partial charge is 0.507 e. The second-order valence-corrected chi connectivity index (χ2v) is 9.84. The molecule has 0 unspecified atom stereocenters. The van der Waals surface area contributed by atoms with Gasteiger partial charge in [0, 0.05) is 22.4 Å². The van der Waals surface area contributed by atoms with Gasteiger partial charge in [-0.05, 0) is 41.0 Å². The summed E-state index contributed by atoms with van der Waals surface area (Å²) < 4.78 is 0. The van der Waals surface area contributed by atoms with E-state index in [0.717, 1.165) is 16.8 Å². The lowest BCUT2D eigenvalue weighted by Gasteiger charge is -2.28. The van der Waals surface area contributed by atoms with Crippen molar-refractivity contribution in [3.63, 3.8) is 0 Å². The first-order valence-corrected chi connectivity index (χ1v) is 9.70. The van der Waals surface area contributed by atoms with Gasteiger partial charge in [-0.15, -0.1) is 0 Å². The Bertz CT molecular complexity index is 836. The average Bonchev–Trinajstić information content (AvgIpc) is 2.52. The normalized spacial score (nSPS) is 12.5. The highest BCUT2D eigenvalue weighted by Gasteiger charge is 2.28. The van der Waals surface area contributed by atoms with E-state index in [1.807, 2.05) is 61.5 Å². The van der Waals surface area contributed by atoms with E-state index in [1.54, 1.807) is 18.2 Å². The van der Waals surface area contributed by atoms with Crippen LogP contribution in [0.4, 0.5) is 0 Å². The molecule has 0 fully saturated rings. The van der Waals surface area contributed by atoms with E-state index in [9.17, 15) is 9.90 Å². The number of hydrogen-bond donors (Lipinski definition) is 1. The summed E-state index contributed by atoms with van der Waals surface area (Å²) in [5, 5.41) is 11.1. The highest BCUT2D eigenvalue weighted by Crippen LogP contribution is 2.40. The number of nitrogens with zero attached hydrogens (tertiary/aromatic N) is 1. The van der Waals surface area contributed by atoms with Crippen molar-refractivity contribution in [1.29, 1.82) is 0 Å². The number of carbonyl (C=O) groups excluding carboxylic acids is 1. The molecule has 0 amide bonds. The zero-order chi connectivity index (χ0) is 20.7. The number of ketones is 1. The van der Waals surface area contributed by atoms with Gasteiger partial charge in [0.15, 0.2) is 5.78 Å². The van der Waals surface area contributed by atoms with Crippen LogP contribution in [0, 0.1) is 0 Å². The summed E-state index contributed by atoms with van der Waals surface area (Å²) >= 11 is 6.33. The molecule has 1 heterocycles. The summed E-state index contributed by atoms with van der Waals surface area (Å²) in [5.74, 6) is 0.310. The minimum atomic E-state index is -0.302. The predicted octanol–water partition coefficient (Wildman–Crippen LogP) is 6.39. The van der Waals surface area contributed by atoms with E-state index < -0.39 is 0 Å². The van der Waals surface area contributed by atoms with Crippen molar-refractivity contribution in [3.05, 3.63) is 57.4 Å². The Labute approximate surface area is 167 Å². The number of pyridine rings is 1. The summed E-state index contributed by atoms with van der Waals surface area (Å²) in [6.45, 7) is 16.2. The standard InChI is InChI=1S/C23H30ClNO2/c1-13(2)18-10-9-15(21(24)25-18)19(26)14-11-16(22(3,4)5)20(27)17(12-14)23(6,7)8/h9-13,27H,1-8H3. The van der Waals surface area contributed by atoms with E-state index in [1.165, 1.54) is 0 Å². The molecule has 0 aliphatic heterocycles. The molecule has 0 bridgehead atoms. The van der Waals surface area contributed by atoms with Gasteiger partial charge in [0.2, 0.25) is 0 Å². The molecule has 0 aliphatic rings. The van der Waals surface area contributed by atoms with Gasteiger partial charge in [0.05, 0.1) is 5.56 Å². The first-order chi connectivity index (χ1) is 12.2. The van der Waals surface area contributed by atoms with Crippen molar-refractivity contribution in [2.45, 2.75) is 72.1 Å². The molecular weight excluding hydrogens is 358 g/mol. The molecule has 0 radical (unpaired) electrons. The molecule has 2 rings (SSSR count). The van der Waals surface area contributed by atoms with Gasteiger partial charge in [-0.2, -0.15) is 0 Å². The highest BCUT2D eigenvalue weighted by molar-refractivity contribution is 6.33. The van der Waals surface area contributed by atoms with Crippen LogP contribution in [0.1, 0.15) is 94.1 Å². The van der Waals surface area contributed by atoms with Crippen LogP contribution in [0.15, 0.2) is 24.3 Å². The summed E-state index contributed by atoms with van der Waals surface area (Å²) in [4.78, 5) is 17.6. The Morgan fingerprint density at radius 2 is 1.48 bits per heavy atom. The predicted molar refractivity (Wildman–Crippen MR) is 112 cm³/mol. The fourth-order valence-electron chi connectivity index (χ4n) is 3.00. The summed E-state index contributed by atoms with van der Waals surface area (Å²) in [6, 6.07) is 7.14. The van der Waals surface area contributed by atoms with Crippen LogP contribution in [0.3, 0.4) is 0 Å². The van der Waals surface area contributed by atoms with Crippen molar-refractivity contribution in [1.82, 2.24) is 4.98 Å². The first-order valence-electron chi connectivity index (χ1n) is 9.32. The zero-order valence-electron chi connectivity index (χ0n) is 17.6. The van der Waals surface area contributed by atoms with Gasteiger partial charge >= 0.3 is 0 Å². The number of carbonyl (C=O) groups is 1. The Morgan fingerprint density at radius 1 is 1.00 bits per heavy atom. The van der Waals surface area contributed by atoms with Crippen molar-refractivity contribution in [3.8, 4) is 5.75 Å². The van der Waals surface area contributed by atoms with Crippen LogP contribution >= 0.6 is 11.6 Å². The third kappa shape index (κ3) is 4.52. The van der Waals surface area contributed by atoms with Crippen LogP contribution in [0.25, 0.3) is 0 Å². The first kappa shape index (κ1) is 21.4. The quantitative estimate of drug-likeness (QED) is 0.490. The van der Waals surface area contributed by atoms with E-state index in [0.29, 0.717) is 11.1 Å². The van der Waals surface area contributed by atoms with E-state index >= 15 is 0 Å². The summed E-state index contributed by atoms with van der Waals surface area (Å²) in [5.41, 5.74) is 2.65. The number of hydrogen-bond acceptors (Lipinski definition) is 3. The molecule has 2 aromatic rings. The maximum absolute atomic E-state index is 13.2. The number of rotatable bonds is 3. The molecule has 4 heteroatoms. The molecule has 3 nitrogen and oxygen atoms in total. The van der Waals surface area contributed by atoms with Gasteiger partial charge in [-0.1, -0.05) is 67.0 Å². The van der Waals surface area contributed by atoms with E-state index in [-0.39, 0.29) is 33.4 Å². The van der Waals surface area contributed by atoms with Crippen LogP contribution in [0.2, 0.25) is 5.15 Å². The van der Waals surface area contributed by atoms with E-state index in [2.05, 4.69) is 4.98 Å². The van der Waals surface area contributed by atoms with Gasteiger partial charge in [-0.25, -0.2) is 4.98 Å². The van der Waals surface area contributed by atoms with Gasteiger partial charge < -0.3 is 5.11 Å². The molecule has 0 saturated carbocycles. The van der Waals surface area contributed by atoms with Crippen molar-refractivity contribution < 1.29 is 9.90 Å². The van der Waals surface area contributed by atoms with Crippen molar-refractivity contribution in [2.75, 3.05) is 0 Å². The van der Waals surface area contributed by atoms with Crippen LogP contribution in [-0.4, -0.2) is 15.9 Å². The number of benzene rings is 1. The van der Waals surface area contributed by atoms with Crippen molar-refractivity contribution in [2.24, 2.45) is 0 Å². The molecule has 0 atom stereocenters. The average molecular weight is 388 g/mol. The lowest BCUT2D eigenvalue weighted by Crippen LogP contribution is -2.19. The minimum absolute atomic E-state index is 0.182. The molecule has 0 saturated heterocycles. The number of phenols is 1. The molecule has 0 spiro atoms. The molecule has 27 heavy (non-hydrogen) atoms. The SMILES string of the molecule is CC(C)c1ccc(C(=O)c2cc(C(C)(C)C)c(O)c(C(C)(C)C)c2)c(Cl)n1. The second kappa shape index (κ2) is 7.27. The molecule has 1 N–H and O–H groups in total. The maximum atomic E-state index is 13.2. The summed E-state index contributed by atoms with van der Waals surface area (Å²) in [6.07, 6.45) is 0. The van der Waals surface area contributed by atoms with Gasteiger partial charge in [0.25, 0.3) is 0 Å². The Kier molecular flexibility index (Phi) is 5.77. The third-order valence-corrected chi connectivity index (χ3v) is 4.98. The van der Waals surface area contributed by atoms with E-state index in [4.69, 9.17) is 11.6 Å². The smallest absolute Gasteiger partial charge is 0.196 e. The third-order valence-electron chi connectivity index (χ3n) is 4.69. The molecule has 1 aromatic carbocycles. The topological polar surface area (TPSA) is 50.2 Å². The van der Waals surface area contributed by atoms with Crippen molar-refractivity contribution >= 4 is 17.4 Å². The number of aromatic hydroxyl groups is 1.